The van der Waals surface area contributed by atoms with Gasteiger partial charge in [0.05, 0.1) is 0 Å². The van der Waals surface area contributed by atoms with E-state index < -0.39 is 15.4 Å². The fourth-order valence-corrected chi connectivity index (χ4v) is 5.64. The Bertz CT molecular complexity index is 698. The quantitative estimate of drug-likeness (QED) is 0.626. The van der Waals surface area contributed by atoms with E-state index in [1.54, 1.807) is 6.07 Å². The van der Waals surface area contributed by atoms with Gasteiger partial charge in [-0.3, -0.25) is 4.79 Å². The van der Waals surface area contributed by atoms with Crippen molar-refractivity contribution in [1.29, 1.82) is 0 Å². The van der Waals surface area contributed by atoms with Crippen LogP contribution in [-0.2, 0) is 21.2 Å². The number of sulfonamides is 1. The van der Waals surface area contributed by atoms with Gasteiger partial charge in [0.2, 0.25) is 15.9 Å². The summed E-state index contributed by atoms with van der Waals surface area (Å²) in [6, 6.07) is 3.39. The molecule has 0 aliphatic heterocycles. The molecule has 1 heterocycles. The van der Waals surface area contributed by atoms with E-state index in [-0.39, 0.29) is 30.3 Å². The first-order valence-corrected chi connectivity index (χ1v) is 11.0. The maximum atomic E-state index is 12.6. The van der Waals surface area contributed by atoms with Crippen molar-refractivity contribution in [3.63, 3.8) is 0 Å². The highest BCUT2D eigenvalue weighted by molar-refractivity contribution is 7.91. The number of halogens is 1. The molecule has 1 aliphatic carbocycles. The summed E-state index contributed by atoms with van der Waals surface area (Å²) >= 11 is 1.26. The molecule has 1 aliphatic rings. The van der Waals surface area contributed by atoms with Crippen LogP contribution in [0.1, 0.15) is 44.9 Å². The highest BCUT2D eigenvalue weighted by Crippen LogP contribution is 2.28. The first-order chi connectivity index (χ1) is 11.6. The summed E-state index contributed by atoms with van der Waals surface area (Å²) in [6.07, 6.45) is 3.46. The fourth-order valence-electron chi connectivity index (χ4n) is 2.93. The molecule has 0 saturated heterocycles. The maximum Gasteiger partial charge on any atom is 0.250 e. The lowest BCUT2D eigenvalue weighted by Crippen LogP contribution is -2.39. The van der Waals surface area contributed by atoms with Crippen LogP contribution >= 0.6 is 23.7 Å². The zero-order valence-corrected chi connectivity index (χ0v) is 18.0. The molecule has 150 valence electrons. The van der Waals surface area contributed by atoms with Gasteiger partial charge in [-0.1, -0.05) is 27.2 Å². The van der Waals surface area contributed by atoms with E-state index in [2.05, 4.69) is 10.0 Å². The number of nitrogens with one attached hydrogen (secondary N) is 2. The highest BCUT2D eigenvalue weighted by atomic mass is 35.5. The van der Waals surface area contributed by atoms with Crippen molar-refractivity contribution >= 4 is 39.7 Å². The van der Waals surface area contributed by atoms with Crippen molar-refractivity contribution in [3.8, 4) is 0 Å². The maximum absolute atomic E-state index is 12.6. The molecule has 2 rings (SSSR count). The van der Waals surface area contributed by atoms with Crippen molar-refractivity contribution in [2.45, 2.75) is 56.7 Å². The Morgan fingerprint density at radius 3 is 2.62 bits per heavy atom. The molecule has 0 spiro atoms. The minimum absolute atomic E-state index is 0. The Kier molecular flexibility index (Phi) is 8.54. The number of amides is 1. The van der Waals surface area contributed by atoms with Crippen LogP contribution < -0.4 is 15.8 Å². The van der Waals surface area contributed by atoms with Crippen molar-refractivity contribution in [1.82, 2.24) is 10.0 Å². The smallest absolute Gasteiger partial charge is 0.250 e. The number of rotatable bonds is 7. The van der Waals surface area contributed by atoms with Crippen LogP contribution in [0.3, 0.4) is 0 Å². The summed E-state index contributed by atoms with van der Waals surface area (Å²) in [5.41, 5.74) is 5.31. The number of carbonyl (C=O) groups is 1. The summed E-state index contributed by atoms with van der Waals surface area (Å²) in [5.74, 6) is 0.217. The first-order valence-electron chi connectivity index (χ1n) is 8.73. The second kappa shape index (κ2) is 9.50. The van der Waals surface area contributed by atoms with Gasteiger partial charge in [-0.25, -0.2) is 13.1 Å². The Balaban J connectivity index is 0.00000338. The van der Waals surface area contributed by atoms with Gasteiger partial charge in [-0.05, 0) is 43.9 Å². The molecule has 2 atom stereocenters. The number of hydrogen-bond acceptors (Lipinski definition) is 5. The average Bonchev–Trinajstić information content (AvgIpc) is 3.15. The SMILES string of the molecule is CC(C)(C)C(=O)NCCc1ccc(S(=O)(=O)NC2CCCC2CN)s1.Cl. The first kappa shape index (κ1) is 23.4. The van der Waals surface area contributed by atoms with Crippen LogP contribution in [0, 0.1) is 11.3 Å². The van der Waals surface area contributed by atoms with Gasteiger partial charge in [0, 0.05) is 22.9 Å². The van der Waals surface area contributed by atoms with E-state index in [1.165, 1.54) is 11.3 Å². The summed E-state index contributed by atoms with van der Waals surface area (Å²) in [7, 11) is -3.50. The zero-order valence-electron chi connectivity index (χ0n) is 15.6. The summed E-state index contributed by atoms with van der Waals surface area (Å²) in [6.45, 7) is 6.60. The molecule has 4 N–H and O–H groups in total. The third kappa shape index (κ3) is 6.20. The molecule has 0 bridgehead atoms. The number of carbonyl (C=O) groups excluding carboxylic acids is 1. The molecule has 1 amide bonds. The van der Waals surface area contributed by atoms with Crippen LogP contribution in [0.25, 0.3) is 0 Å². The Labute approximate surface area is 166 Å². The van der Waals surface area contributed by atoms with E-state index >= 15 is 0 Å². The summed E-state index contributed by atoms with van der Waals surface area (Å²) in [5, 5.41) is 2.88. The largest absolute Gasteiger partial charge is 0.355 e. The molecule has 0 radical (unpaired) electrons. The van der Waals surface area contributed by atoms with Crippen LogP contribution in [0.2, 0.25) is 0 Å². The van der Waals surface area contributed by atoms with Crippen molar-refractivity contribution in [2.75, 3.05) is 13.1 Å². The van der Waals surface area contributed by atoms with Gasteiger partial charge < -0.3 is 11.1 Å². The Morgan fingerprint density at radius 2 is 2.00 bits per heavy atom. The van der Waals surface area contributed by atoms with E-state index in [4.69, 9.17) is 5.73 Å². The monoisotopic (exact) mass is 423 g/mol. The lowest BCUT2D eigenvalue weighted by molar-refractivity contribution is -0.128. The average molecular weight is 424 g/mol. The minimum atomic E-state index is -3.50. The van der Waals surface area contributed by atoms with Crippen LogP contribution in [-0.4, -0.2) is 33.5 Å². The third-order valence-corrected chi connectivity index (χ3v) is 7.64. The molecule has 1 aromatic heterocycles. The molecule has 6 nitrogen and oxygen atoms in total. The van der Waals surface area contributed by atoms with E-state index in [0.717, 1.165) is 24.1 Å². The van der Waals surface area contributed by atoms with Crippen LogP contribution in [0.5, 0.6) is 0 Å². The van der Waals surface area contributed by atoms with Crippen molar-refractivity contribution in [3.05, 3.63) is 17.0 Å². The third-order valence-electron chi connectivity index (χ3n) is 4.51. The summed E-state index contributed by atoms with van der Waals surface area (Å²) < 4.78 is 28.3. The van der Waals surface area contributed by atoms with Gasteiger partial charge >= 0.3 is 0 Å². The van der Waals surface area contributed by atoms with Gasteiger partial charge in [0.25, 0.3) is 0 Å². The van der Waals surface area contributed by atoms with Gasteiger partial charge in [0.1, 0.15) is 4.21 Å². The summed E-state index contributed by atoms with van der Waals surface area (Å²) in [4.78, 5) is 12.8. The highest BCUT2D eigenvalue weighted by Gasteiger charge is 2.31. The van der Waals surface area contributed by atoms with Crippen LogP contribution in [0.4, 0.5) is 0 Å². The van der Waals surface area contributed by atoms with Crippen LogP contribution in [0.15, 0.2) is 16.3 Å². The lowest BCUT2D eigenvalue weighted by atomic mass is 9.96. The zero-order chi connectivity index (χ0) is 18.7. The van der Waals surface area contributed by atoms with Crippen molar-refractivity contribution < 1.29 is 13.2 Å². The molecular weight excluding hydrogens is 394 g/mol. The number of nitrogens with two attached hydrogens (primary N) is 1. The Hall–Kier alpha value is -0.670. The Morgan fingerprint density at radius 1 is 1.31 bits per heavy atom. The van der Waals surface area contributed by atoms with Gasteiger partial charge in [-0.2, -0.15) is 0 Å². The fraction of sp³-hybridized carbons (Fsp3) is 0.706. The number of hydrogen-bond donors (Lipinski definition) is 3. The molecule has 9 heteroatoms. The molecule has 1 fully saturated rings. The normalized spacial score (nSPS) is 20.6. The second-order valence-electron chi connectivity index (χ2n) is 7.63. The molecule has 0 aromatic carbocycles. The second-order valence-corrected chi connectivity index (χ2v) is 10.7. The minimum Gasteiger partial charge on any atom is -0.355 e. The molecule has 1 aromatic rings. The van der Waals surface area contributed by atoms with Crippen molar-refractivity contribution in [2.24, 2.45) is 17.1 Å². The van der Waals surface area contributed by atoms with Gasteiger partial charge in [0.15, 0.2) is 0 Å². The molecule has 26 heavy (non-hydrogen) atoms. The van der Waals surface area contributed by atoms with E-state index in [1.807, 2.05) is 26.8 Å². The van der Waals surface area contributed by atoms with Gasteiger partial charge in [-0.15, -0.1) is 23.7 Å². The topological polar surface area (TPSA) is 101 Å². The molecule has 1 saturated carbocycles. The standard InChI is InChI=1S/C17H29N3O3S2.ClH/c1-17(2,3)16(21)19-10-9-13-7-8-15(24-13)25(22,23)20-14-6-4-5-12(14)11-18;/h7-8,12,14,20H,4-6,9-11,18H2,1-3H3,(H,19,21);1H. The predicted octanol–water partition coefficient (Wildman–Crippen LogP) is 2.28. The molecular formula is C17H30ClN3O3S2. The van der Waals surface area contributed by atoms with E-state index in [9.17, 15) is 13.2 Å². The molecule has 2 unspecified atom stereocenters. The predicted molar refractivity (Wildman–Crippen MR) is 108 cm³/mol. The lowest BCUT2D eigenvalue weighted by Gasteiger charge is -2.18. The number of thiophene rings is 1. The van der Waals surface area contributed by atoms with E-state index in [0.29, 0.717) is 23.7 Å².